The molecule has 0 aliphatic carbocycles. The summed E-state index contributed by atoms with van der Waals surface area (Å²) in [5.74, 6) is 0.348. The first kappa shape index (κ1) is 19.3. The zero-order valence-corrected chi connectivity index (χ0v) is 16.0. The Labute approximate surface area is 155 Å². The highest BCUT2D eigenvalue weighted by molar-refractivity contribution is 6.00. The number of aliphatic hydroxyl groups excluding tert-OH is 1. The van der Waals surface area contributed by atoms with E-state index in [9.17, 15) is 14.7 Å². The van der Waals surface area contributed by atoms with Crippen LogP contribution in [0.15, 0.2) is 11.1 Å². The SMILES string of the molecule is CC1=C(CC(=O)N[C@H](C)C2CCC(O)NC2)C(=O)NC2CCNC(C)C12. The average Bonchev–Trinajstić information content (AvgIpc) is 2.59. The molecule has 0 aromatic carbocycles. The predicted molar refractivity (Wildman–Crippen MR) is 99.2 cm³/mol. The van der Waals surface area contributed by atoms with Crippen molar-refractivity contribution in [1.82, 2.24) is 21.3 Å². The highest BCUT2D eigenvalue weighted by atomic mass is 16.3. The molecule has 2 fully saturated rings. The van der Waals surface area contributed by atoms with Crippen LogP contribution in [-0.4, -0.2) is 54.4 Å². The Morgan fingerprint density at radius 1 is 1.31 bits per heavy atom. The number of hydrogen-bond acceptors (Lipinski definition) is 5. The fourth-order valence-electron chi connectivity index (χ4n) is 4.69. The van der Waals surface area contributed by atoms with Crippen molar-refractivity contribution >= 4 is 11.8 Å². The minimum absolute atomic E-state index is 0.0121. The van der Waals surface area contributed by atoms with E-state index in [1.54, 1.807) is 0 Å². The molecule has 2 amide bonds. The molecular weight excluding hydrogens is 332 g/mol. The van der Waals surface area contributed by atoms with Crippen LogP contribution in [0.2, 0.25) is 0 Å². The summed E-state index contributed by atoms with van der Waals surface area (Å²) in [5.41, 5.74) is 1.66. The number of carbonyl (C=O) groups excluding carboxylic acids is 2. The van der Waals surface area contributed by atoms with Gasteiger partial charge in [0.05, 0.1) is 6.42 Å². The molecule has 146 valence electrons. The summed E-state index contributed by atoms with van der Waals surface area (Å²) in [6.07, 6.45) is 2.19. The predicted octanol–water partition coefficient (Wildman–Crippen LogP) is 0.0121. The summed E-state index contributed by atoms with van der Waals surface area (Å²) in [6.45, 7) is 7.73. The highest BCUT2D eigenvalue weighted by Crippen LogP contribution is 2.32. The van der Waals surface area contributed by atoms with E-state index in [0.29, 0.717) is 30.5 Å². The van der Waals surface area contributed by atoms with Crippen LogP contribution in [0, 0.1) is 11.8 Å². The third-order valence-electron chi connectivity index (χ3n) is 6.32. The molecule has 0 aromatic rings. The first-order valence-electron chi connectivity index (χ1n) is 9.81. The van der Waals surface area contributed by atoms with Crippen molar-refractivity contribution < 1.29 is 14.7 Å². The van der Waals surface area contributed by atoms with E-state index in [1.165, 1.54) is 0 Å². The molecule has 6 atom stereocenters. The maximum atomic E-state index is 12.6. The van der Waals surface area contributed by atoms with E-state index in [4.69, 9.17) is 0 Å². The lowest BCUT2D eigenvalue weighted by molar-refractivity contribution is -0.125. The van der Waals surface area contributed by atoms with Crippen molar-refractivity contribution in [3.05, 3.63) is 11.1 Å². The van der Waals surface area contributed by atoms with Gasteiger partial charge in [-0.25, -0.2) is 0 Å². The molecule has 2 saturated heterocycles. The Morgan fingerprint density at radius 3 is 2.77 bits per heavy atom. The van der Waals surface area contributed by atoms with Crippen molar-refractivity contribution in [2.45, 2.75) is 70.8 Å². The number of hydrogen-bond donors (Lipinski definition) is 5. The van der Waals surface area contributed by atoms with Gasteiger partial charge < -0.3 is 21.1 Å². The van der Waals surface area contributed by atoms with E-state index in [0.717, 1.165) is 25.0 Å². The standard InChI is InChI=1S/C19H32N4O3/c1-10-14(19(26)23-15-6-7-20-12(3)18(10)15)8-17(25)22-11(2)13-4-5-16(24)21-9-13/h11-13,15-16,18,20-21,24H,4-9H2,1-3H3,(H,22,25)(H,23,26)/t11-,12?,13?,15?,16?,18?/m1/s1. The van der Waals surface area contributed by atoms with E-state index in [1.807, 2.05) is 13.8 Å². The highest BCUT2D eigenvalue weighted by Gasteiger charge is 2.39. The molecule has 7 nitrogen and oxygen atoms in total. The van der Waals surface area contributed by atoms with E-state index >= 15 is 0 Å². The molecule has 3 rings (SSSR count). The van der Waals surface area contributed by atoms with Gasteiger partial charge in [0.1, 0.15) is 6.23 Å². The van der Waals surface area contributed by atoms with Crippen LogP contribution in [-0.2, 0) is 9.59 Å². The van der Waals surface area contributed by atoms with Crippen LogP contribution in [0.3, 0.4) is 0 Å². The first-order chi connectivity index (χ1) is 12.4. The quantitative estimate of drug-likeness (QED) is 0.484. The molecule has 0 spiro atoms. The van der Waals surface area contributed by atoms with E-state index in [-0.39, 0.29) is 36.2 Å². The fraction of sp³-hybridized carbons (Fsp3) is 0.789. The maximum absolute atomic E-state index is 12.6. The van der Waals surface area contributed by atoms with Gasteiger partial charge in [0.15, 0.2) is 0 Å². The van der Waals surface area contributed by atoms with Gasteiger partial charge in [-0.15, -0.1) is 0 Å². The second-order valence-electron chi connectivity index (χ2n) is 8.09. The average molecular weight is 364 g/mol. The van der Waals surface area contributed by atoms with Crippen molar-refractivity contribution in [1.29, 1.82) is 0 Å². The monoisotopic (exact) mass is 364 g/mol. The molecule has 5 N–H and O–H groups in total. The van der Waals surface area contributed by atoms with Crippen LogP contribution in [0.5, 0.6) is 0 Å². The molecule has 0 aromatic heterocycles. The Kier molecular flexibility index (Phi) is 5.99. The number of rotatable bonds is 4. The van der Waals surface area contributed by atoms with Crippen molar-refractivity contribution in [3.63, 3.8) is 0 Å². The zero-order valence-electron chi connectivity index (χ0n) is 16.0. The van der Waals surface area contributed by atoms with Crippen LogP contribution in [0.1, 0.15) is 46.5 Å². The summed E-state index contributed by atoms with van der Waals surface area (Å²) < 4.78 is 0. The molecule has 7 heteroatoms. The molecule has 5 unspecified atom stereocenters. The van der Waals surface area contributed by atoms with Gasteiger partial charge in [0, 0.05) is 36.2 Å². The second kappa shape index (κ2) is 8.06. The molecular formula is C19H32N4O3. The number of nitrogens with one attached hydrogen (secondary N) is 4. The summed E-state index contributed by atoms with van der Waals surface area (Å²) in [5, 5.41) is 22.2. The zero-order chi connectivity index (χ0) is 18.8. The van der Waals surface area contributed by atoms with Crippen molar-refractivity contribution in [3.8, 4) is 0 Å². The third kappa shape index (κ3) is 4.10. The Morgan fingerprint density at radius 2 is 2.08 bits per heavy atom. The Bertz CT molecular complexity index is 583. The molecule has 0 saturated carbocycles. The van der Waals surface area contributed by atoms with Crippen LogP contribution >= 0.6 is 0 Å². The van der Waals surface area contributed by atoms with Gasteiger partial charge in [0.25, 0.3) is 0 Å². The lowest BCUT2D eigenvalue weighted by atomic mass is 9.76. The molecule has 3 aliphatic rings. The van der Waals surface area contributed by atoms with Gasteiger partial charge in [-0.1, -0.05) is 5.57 Å². The minimum Gasteiger partial charge on any atom is -0.379 e. The number of amides is 2. The second-order valence-corrected chi connectivity index (χ2v) is 8.09. The smallest absolute Gasteiger partial charge is 0.247 e. The van der Waals surface area contributed by atoms with Gasteiger partial charge in [0.2, 0.25) is 11.8 Å². The van der Waals surface area contributed by atoms with Gasteiger partial charge in [-0.05, 0) is 52.5 Å². The number of aliphatic hydroxyl groups is 1. The maximum Gasteiger partial charge on any atom is 0.247 e. The van der Waals surface area contributed by atoms with Crippen LogP contribution in [0.25, 0.3) is 0 Å². The Hall–Kier alpha value is -1.44. The third-order valence-corrected chi connectivity index (χ3v) is 6.32. The van der Waals surface area contributed by atoms with E-state index < -0.39 is 6.23 Å². The summed E-state index contributed by atoms with van der Waals surface area (Å²) in [6, 6.07) is 0.480. The number of carbonyl (C=O) groups is 2. The molecule has 3 heterocycles. The molecule has 26 heavy (non-hydrogen) atoms. The van der Waals surface area contributed by atoms with Crippen LogP contribution in [0.4, 0.5) is 0 Å². The topological polar surface area (TPSA) is 102 Å². The van der Waals surface area contributed by atoms with Crippen LogP contribution < -0.4 is 21.3 Å². The lowest BCUT2D eigenvalue weighted by Crippen LogP contribution is -2.57. The lowest BCUT2D eigenvalue weighted by Gasteiger charge is -2.42. The van der Waals surface area contributed by atoms with E-state index in [2.05, 4.69) is 28.2 Å². The van der Waals surface area contributed by atoms with Gasteiger partial charge in [-0.3, -0.25) is 14.9 Å². The molecule has 0 bridgehead atoms. The molecule has 0 radical (unpaired) electrons. The first-order valence-corrected chi connectivity index (χ1v) is 9.81. The largest absolute Gasteiger partial charge is 0.379 e. The summed E-state index contributed by atoms with van der Waals surface area (Å²) >= 11 is 0. The fourth-order valence-corrected chi connectivity index (χ4v) is 4.69. The minimum atomic E-state index is -0.438. The normalized spacial score (nSPS) is 36.2. The number of piperidine rings is 2. The van der Waals surface area contributed by atoms with Gasteiger partial charge >= 0.3 is 0 Å². The molecule has 3 aliphatic heterocycles. The van der Waals surface area contributed by atoms with Gasteiger partial charge in [-0.2, -0.15) is 0 Å². The van der Waals surface area contributed by atoms with Crippen molar-refractivity contribution in [2.24, 2.45) is 11.8 Å². The summed E-state index contributed by atoms with van der Waals surface area (Å²) in [4.78, 5) is 25.1. The number of fused-ring (bicyclic) bond motifs is 1. The van der Waals surface area contributed by atoms with Crippen molar-refractivity contribution in [2.75, 3.05) is 13.1 Å². The Balaban J connectivity index is 1.62. The summed E-state index contributed by atoms with van der Waals surface area (Å²) in [7, 11) is 0.